The summed E-state index contributed by atoms with van der Waals surface area (Å²) < 4.78 is 0. The van der Waals surface area contributed by atoms with Crippen LogP contribution < -0.4 is 0 Å². The lowest BCUT2D eigenvalue weighted by molar-refractivity contribution is 0.103. The number of ketones is 1. The predicted molar refractivity (Wildman–Crippen MR) is 124 cm³/mol. The van der Waals surface area contributed by atoms with E-state index in [4.69, 9.17) is 0 Å². The van der Waals surface area contributed by atoms with Gasteiger partial charge in [-0.15, -0.1) is 0 Å². The predicted octanol–water partition coefficient (Wildman–Crippen LogP) is 6.23. The van der Waals surface area contributed by atoms with Gasteiger partial charge < -0.3 is 0 Å². The molecule has 1 unspecified atom stereocenters. The van der Waals surface area contributed by atoms with E-state index in [1.807, 2.05) is 42.5 Å². The van der Waals surface area contributed by atoms with E-state index in [1.165, 1.54) is 5.56 Å². The van der Waals surface area contributed by atoms with Gasteiger partial charge in [0.1, 0.15) is 0 Å². The minimum Gasteiger partial charge on any atom is -0.289 e. The van der Waals surface area contributed by atoms with Gasteiger partial charge in [-0.3, -0.25) is 4.79 Å². The van der Waals surface area contributed by atoms with Gasteiger partial charge in [0.25, 0.3) is 0 Å². The Bertz CT molecular complexity index is 986. The van der Waals surface area contributed by atoms with Gasteiger partial charge in [-0.25, -0.2) is 9.79 Å². The molecule has 0 heterocycles. The van der Waals surface area contributed by atoms with Crippen LogP contribution in [0.15, 0.2) is 59.6 Å². The first kappa shape index (κ1) is 22.2. The molecule has 0 spiro atoms. The maximum atomic E-state index is 12.8. The first-order valence-electron chi connectivity index (χ1n) is 11.9. The molecule has 0 amide bonds. The molecule has 2 aromatic rings. The van der Waals surface area contributed by atoms with Crippen LogP contribution in [-0.2, 0) is 4.79 Å². The van der Waals surface area contributed by atoms with Crippen molar-refractivity contribution in [1.82, 2.24) is 0 Å². The number of nitrogens with zero attached hydrogens (tertiary/aromatic N) is 2. The van der Waals surface area contributed by atoms with Gasteiger partial charge in [0, 0.05) is 17.0 Å². The molecule has 0 radical (unpaired) electrons. The van der Waals surface area contributed by atoms with Crippen LogP contribution in [0.25, 0.3) is 0 Å². The average molecular weight is 427 g/mol. The van der Waals surface area contributed by atoms with E-state index in [0.29, 0.717) is 23.3 Å². The number of benzene rings is 2. The van der Waals surface area contributed by atoms with Crippen LogP contribution in [0.3, 0.4) is 0 Å². The summed E-state index contributed by atoms with van der Waals surface area (Å²) in [7, 11) is 0. The Hall–Kier alpha value is -3.02. The number of hydrogen-bond donors (Lipinski definition) is 0. The van der Waals surface area contributed by atoms with Gasteiger partial charge in [-0.2, -0.15) is 5.26 Å². The first-order chi connectivity index (χ1) is 15.7. The minimum absolute atomic E-state index is 0.0514. The molecule has 2 aliphatic rings. The number of carbonyl (C=O) groups excluding carboxylic acids is 2. The summed E-state index contributed by atoms with van der Waals surface area (Å²) in [5.74, 6) is 1.78. The van der Waals surface area contributed by atoms with Crippen LogP contribution in [0.4, 0.5) is 0 Å². The molecule has 4 rings (SSSR count). The fourth-order valence-corrected chi connectivity index (χ4v) is 5.81. The zero-order chi connectivity index (χ0) is 22.3. The van der Waals surface area contributed by atoms with Gasteiger partial charge in [0.05, 0.1) is 12.1 Å². The Morgan fingerprint density at radius 1 is 0.812 bits per heavy atom. The van der Waals surface area contributed by atoms with Crippen molar-refractivity contribution in [2.75, 3.05) is 0 Å². The molecule has 164 valence electrons. The van der Waals surface area contributed by atoms with Crippen molar-refractivity contribution >= 4 is 11.9 Å². The second kappa shape index (κ2) is 10.5. The van der Waals surface area contributed by atoms with Crippen molar-refractivity contribution in [3.8, 4) is 6.07 Å². The molecule has 0 N–H and O–H groups in total. The van der Waals surface area contributed by atoms with Gasteiger partial charge in [-0.05, 0) is 74.7 Å². The fraction of sp³-hybridized carbons (Fsp3) is 0.464. The molecule has 2 aromatic carbocycles. The largest absolute Gasteiger partial charge is 0.289 e. The van der Waals surface area contributed by atoms with Crippen molar-refractivity contribution < 1.29 is 9.59 Å². The molecule has 0 saturated heterocycles. The highest BCUT2D eigenvalue weighted by molar-refractivity contribution is 6.08. The molecule has 4 nitrogen and oxygen atoms in total. The number of aliphatic imine (C=N–C) groups is 1. The van der Waals surface area contributed by atoms with Gasteiger partial charge in [0.15, 0.2) is 5.78 Å². The first-order valence-corrected chi connectivity index (χ1v) is 11.9. The molecule has 0 aliphatic heterocycles. The Kier molecular flexibility index (Phi) is 7.30. The maximum absolute atomic E-state index is 12.8. The summed E-state index contributed by atoms with van der Waals surface area (Å²) in [5, 5.41) is 9.31. The number of nitriles is 1. The van der Waals surface area contributed by atoms with Gasteiger partial charge in [-0.1, -0.05) is 54.6 Å². The summed E-state index contributed by atoms with van der Waals surface area (Å²) in [6, 6.07) is 20.2. The molecular formula is C28H30N2O2. The minimum atomic E-state index is 0.0514. The average Bonchev–Trinajstić information content (AvgIpc) is 2.86. The third-order valence-corrected chi connectivity index (χ3v) is 7.54. The molecule has 32 heavy (non-hydrogen) atoms. The van der Waals surface area contributed by atoms with Crippen LogP contribution in [0.1, 0.15) is 78.8 Å². The lowest BCUT2D eigenvalue weighted by atomic mass is 9.65. The Morgan fingerprint density at radius 2 is 1.38 bits per heavy atom. The highest BCUT2D eigenvalue weighted by atomic mass is 16.1. The Morgan fingerprint density at radius 3 is 1.94 bits per heavy atom. The fourth-order valence-electron chi connectivity index (χ4n) is 5.81. The van der Waals surface area contributed by atoms with Crippen molar-refractivity contribution in [2.45, 2.75) is 63.3 Å². The van der Waals surface area contributed by atoms with E-state index in [-0.39, 0.29) is 17.7 Å². The van der Waals surface area contributed by atoms with E-state index in [9.17, 15) is 14.9 Å². The lowest BCUT2D eigenvalue weighted by Gasteiger charge is -2.40. The summed E-state index contributed by atoms with van der Waals surface area (Å²) in [6.07, 6.45) is 9.85. The van der Waals surface area contributed by atoms with E-state index < -0.39 is 0 Å². The standard InChI is InChI=1S/C28H30N2O2/c29-18-20-6-8-21(9-7-20)27(23-14-16-26(17-15-23)30-19-31)22-10-12-25(13-11-22)28(32)24-4-2-1-3-5-24/h1-5,10-13,20-21,23,26-27H,6-9,14-17H2. The van der Waals surface area contributed by atoms with Crippen molar-refractivity contribution in [1.29, 1.82) is 5.26 Å². The van der Waals surface area contributed by atoms with Crippen LogP contribution >= 0.6 is 0 Å². The van der Waals surface area contributed by atoms with E-state index in [0.717, 1.165) is 56.9 Å². The third kappa shape index (κ3) is 5.06. The summed E-state index contributed by atoms with van der Waals surface area (Å²) in [4.78, 5) is 27.4. The molecule has 2 saturated carbocycles. The van der Waals surface area contributed by atoms with Crippen LogP contribution in [0.5, 0.6) is 0 Å². The van der Waals surface area contributed by atoms with Crippen molar-refractivity contribution in [3.05, 3.63) is 71.3 Å². The molecule has 4 heteroatoms. The zero-order valence-corrected chi connectivity index (χ0v) is 18.5. The lowest BCUT2D eigenvalue weighted by Crippen LogP contribution is -2.29. The van der Waals surface area contributed by atoms with E-state index in [2.05, 4.69) is 23.2 Å². The molecule has 2 fully saturated rings. The Labute approximate surface area is 190 Å². The van der Waals surface area contributed by atoms with Gasteiger partial charge in [0.2, 0.25) is 6.08 Å². The topological polar surface area (TPSA) is 70.3 Å². The second-order valence-corrected chi connectivity index (χ2v) is 9.37. The molecular weight excluding hydrogens is 396 g/mol. The monoisotopic (exact) mass is 426 g/mol. The van der Waals surface area contributed by atoms with E-state index >= 15 is 0 Å². The quantitative estimate of drug-likeness (QED) is 0.312. The summed E-state index contributed by atoms with van der Waals surface area (Å²) >= 11 is 0. The Balaban J connectivity index is 1.55. The van der Waals surface area contributed by atoms with Crippen molar-refractivity contribution in [2.24, 2.45) is 22.7 Å². The summed E-state index contributed by atoms with van der Waals surface area (Å²) in [5.41, 5.74) is 2.73. The second-order valence-electron chi connectivity index (χ2n) is 9.37. The number of hydrogen-bond acceptors (Lipinski definition) is 4. The highest BCUT2D eigenvalue weighted by Crippen LogP contribution is 2.46. The van der Waals surface area contributed by atoms with Crippen LogP contribution in [0.2, 0.25) is 0 Å². The van der Waals surface area contributed by atoms with Gasteiger partial charge >= 0.3 is 0 Å². The maximum Gasteiger partial charge on any atom is 0.235 e. The van der Waals surface area contributed by atoms with Crippen LogP contribution in [-0.4, -0.2) is 17.9 Å². The number of carbonyl (C=O) groups is 1. The SMILES string of the molecule is N#CC1CCC(C(c2ccc(C(=O)c3ccccc3)cc2)C2CCC(N=C=O)CC2)CC1. The normalized spacial score (nSPS) is 26.3. The molecule has 0 aromatic heterocycles. The molecule has 0 bridgehead atoms. The number of isocyanates is 1. The van der Waals surface area contributed by atoms with Crippen molar-refractivity contribution in [3.63, 3.8) is 0 Å². The summed E-state index contributed by atoms with van der Waals surface area (Å²) in [6.45, 7) is 0. The smallest absolute Gasteiger partial charge is 0.235 e. The molecule has 1 atom stereocenters. The zero-order valence-electron chi connectivity index (χ0n) is 18.5. The van der Waals surface area contributed by atoms with Crippen LogP contribution in [0, 0.1) is 29.1 Å². The number of rotatable bonds is 6. The highest BCUT2D eigenvalue weighted by Gasteiger charge is 2.36. The third-order valence-electron chi connectivity index (χ3n) is 7.54. The molecule has 2 aliphatic carbocycles. The van der Waals surface area contributed by atoms with E-state index in [1.54, 1.807) is 6.08 Å².